The number of hydrogen-bond donors (Lipinski definition) is 0. The third-order valence-corrected chi connectivity index (χ3v) is 4.84. The van der Waals surface area contributed by atoms with Gasteiger partial charge in [0, 0.05) is 23.1 Å². The van der Waals surface area contributed by atoms with Crippen molar-refractivity contribution in [3.05, 3.63) is 29.8 Å². The first-order chi connectivity index (χ1) is 11.2. The lowest BCUT2D eigenvalue weighted by Crippen LogP contribution is -2.47. The lowest BCUT2D eigenvalue weighted by atomic mass is 9.91. The number of ether oxygens (including phenoxy) is 2. The van der Waals surface area contributed by atoms with E-state index in [-0.39, 0.29) is 5.91 Å². The standard InChI is InChI=1S/C18H20N2O3/c1-11-18(21)20(14-4-3-5-14)10-13-8-12-6-7-15(22-2)9-16(12)19-17(13)23-11/h6-9,11,14H,3-5,10H2,1-2H3. The summed E-state index contributed by atoms with van der Waals surface area (Å²) in [6, 6.07) is 8.23. The Labute approximate surface area is 135 Å². The molecule has 2 aromatic rings. The molecule has 0 N–H and O–H groups in total. The zero-order chi connectivity index (χ0) is 16.0. The highest BCUT2D eigenvalue weighted by atomic mass is 16.5. The molecule has 1 fully saturated rings. The van der Waals surface area contributed by atoms with E-state index >= 15 is 0 Å². The summed E-state index contributed by atoms with van der Waals surface area (Å²) in [5.41, 5.74) is 1.80. The Bertz CT molecular complexity index is 770. The van der Waals surface area contributed by atoms with E-state index in [0.29, 0.717) is 18.5 Å². The molecule has 0 saturated heterocycles. The summed E-state index contributed by atoms with van der Waals surface area (Å²) < 4.78 is 11.1. The van der Waals surface area contributed by atoms with Gasteiger partial charge in [-0.05, 0) is 44.4 Å². The molecule has 0 radical (unpaired) electrons. The number of carbonyl (C=O) groups excluding carboxylic acids is 1. The molecule has 23 heavy (non-hydrogen) atoms. The fourth-order valence-electron chi connectivity index (χ4n) is 3.24. The molecule has 1 unspecified atom stereocenters. The molecule has 1 saturated carbocycles. The van der Waals surface area contributed by atoms with E-state index in [1.54, 1.807) is 14.0 Å². The van der Waals surface area contributed by atoms with E-state index in [2.05, 4.69) is 11.1 Å². The summed E-state index contributed by atoms with van der Waals surface area (Å²) in [6.45, 7) is 2.39. The van der Waals surface area contributed by atoms with Gasteiger partial charge in [-0.15, -0.1) is 0 Å². The van der Waals surface area contributed by atoms with Crippen LogP contribution in [0, 0.1) is 0 Å². The second-order valence-corrected chi connectivity index (χ2v) is 6.32. The van der Waals surface area contributed by atoms with Crippen LogP contribution in [-0.4, -0.2) is 35.0 Å². The lowest BCUT2D eigenvalue weighted by molar-refractivity contribution is -0.141. The molecule has 1 aromatic heterocycles. The van der Waals surface area contributed by atoms with E-state index in [0.717, 1.165) is 35.1 Å². The average molecular weight is 312 g/mol. The van der Waals surface area contributed by atoms with Crippen LogP contribution in [0.1, 0.15) is 31.7 Å². The number of amides is 1. The molecule has 1 atom stereocenters. The average Bonchev–Trinajstić information content (AvgIpc) is 2.61. The van der Waals surface area contributed by atoms with E-state index < -0.39 is 6.10 Å². The Morgan fingerprint density at radius 1 is 1.30 bits per heavy atom. The Kier molecular flexibility index (Phi) is 3.36. The fourth-order valence-corrected chi connectivity index (χ4v) is 3.24. The minimum Gasteiger partial charge on any atom is -0.497 e. The molecular formula is C18H20N2O3. The number of benzene rings is 1. The van der Waals surface area contributed by atoms with Crippen molar-refractivity contribution in [3.63, 3.8) is 0 Å². The van der Waals surface area contributed by atoms with Gasteiger partial charge in [-0.3, -0.25) is 4.79 Å². The molecule has 2 heterocycles. The van der Waals surface area contributed by atoms with Gasteiger partial charge in [-0.2, -0.15) is 0 Å². The van der Waals surface area contributed by atoms with Crippen LogP contribution in [-0.2, 0) is 11.3 Å². The predicted octanol–water partition coefficient (Wildman–Crippen LogP) is 2.91. The van der Waals surface area contributed by atoms with Gasteiger partial charge >= 0.3 is 0 Å². The zero-order valence-corrected chi connectivity index (χ0v) is 13.4. The Hall–Kier alpha value is -2.30. The van der Waals surface area contributed by atoms with Crippen molar-refractivity contribution in [2.75, 3.05) is 7.11 Å². The minimum atomic E-state index is -0.493. The van der Waals surface area contributed by atoms with Crippen molar-refractivity contribution < 1.29 is 14.3 Å². The molecule has 1 aromatic carbocycles. The third kappa shape index (κ3) is 2.40. The highest BCUT2D eigenvalue weighted by Crippen LogP contribution is 2.33. The van der Waals surface area contributed by atoms with Crippen molar-refractivity contribution in [2.45, 2.75) is 44.9 Å². The first-order valence-electron chi connectivity index (χ1n) is 8.10. The Morgan fingerprint density at radius 3 is 2.83 bits per heavy atom. The SMILES string of the molecule is COc1ccc2cc3c(nc2c1)OC(C)C(=O)N(C1CCC1)C3. The zero-order valence-electron chi connectivity index (χ0n) is 13.4. The highest BCUT2D eigenvalue weighted by Gasteiger charge is 2.35. The number of hydrogen-bond acceptors (Lipinski definition) is 4. The van der Waals surface area contributed by atoms with Crippen LogP contribution in [0.2, 0.25) is 0 Å². The highest BCUT2D eigenvalue weighted by molar-refractivity contribution is 5.84. The molecular weight excluding hydrogens is 292 g/mol. The van der Waals surface area contributed by atoms with Gasteiger partial charge in [0.2, 0.25) is 5.88 Å². The molecule has 4 rings (SSSR count). The van der Waals surface area contributed by atoms with Crippen LogP contribution in [0.25, 0.3) is 10.9 Å². The number of pyridine rings is 1. The number of methoxy groups -OCH3 is 1. The van der Waals surface area contributed by atoms with E-state index in [1.807, 2.05) is 23.1 Å². The van der Waals surface area contributed by atoms with Gasteiger partial charge in [0.25, 0.3) is 5.91 Å². The second-order valence-electron chi connectivity index (χ2n) is 6.32. The van der Waals surface area contributed by atoms with Crippen molar-refractivity contribution >= 4 is 16.8 Å². The van der Waals surface area contributed by atoms with Crippen LogP contribution in [0.4, 0.5) is 0 Å². The van der Waals surface area contributed by atoms with E-state index in [4.69, 9.17) is 9.47 Å². The van der Waals surface area contributed by atoms with E-state index in [9.17, 15) is 4.79 Å². The third-order valence-electron chi connectivity index (χ3n) is 4.84. The van der Waals surface area contributed by atoms with E-state index in [1.165, 1.54) is 6.42 Å². The molecule has 0 spiro atoms. The van der Waals surface area contributed by atoms with Gasteiger partial charge < -0.3 is 14.4 Å². The summed E-state index contributed by atoms with van der Waals surface area (Å²) in [6.07, 6.45) is 2.89. The number of rotatable bonds is 2. The van der Waals surface area contributed by atoms with Crippen molar-refractivity contribution in [2.24, 2.45) is 0 Å². The smallest absolute Gasteiger partial charge is 0.263 e. The number of fused-ring (bicyclic) bond motifs is 2. The summed E-state index contributed by atoms with van der Waals surface area (Å²) >= 11 is 0. The topological polar surface area (TPSA) is 51.7 Å². The maximum atomic E-state index is 12.6. The van der Waals surface area contributed by atoms with Gasteiger partial charge in [0.05, 0.1) is 19.2 Å². The molecule has 1 aliphatic carbocycles. The first kappa shape index (κ1) is 14.3. The van der Waals surface area contributed by atoms with Crippen LogP contribution >= 0.6 is 0 Å². The first-order valence-corrected chi connectivity index (χ1v) is 8.10. The molecule has 1 aliphatic heterocycles. The van der Waals surface area contributed by atoms with Crippen LogP contribution in [0.3, 0.4) is 0 Å². The monoisotopic (exact) mass is 312 g/mol. The number of carbonyl (C=O) groups is 1. The Balaban J connectivity index is 1.78. The largest absolute Gasteiger partial charge is 0.497 e. The lowest BCUT2D eigenvalue weighted by Gasteiger charge is -2.37. The van der Waals surface area contributed by atoms with Crippen LogP contribution in [0.5, 0.6) is 11.6 Å². The fraction of sp³-hybridized carbons (Fsp3) is 0.444. The van der Waals surface area contributed by atoms with Gasteiger partial charge in [0.1, 0.15) is 5.75 Å². The molecule has 1 amide bonds. The van der Waals surface area contributed by atoms with Gasteiger partial charge in [0.15, 0.2) is 6.10 Å². The molecule has 5 nitrogen and oxygen atoms in total. The second kappa shape index (κ2) is 5.41. The van der Waals surface area contributed by atoms with Crippen LogP contribution < -0.4 is 9.47 Å². The van der Waals surface area contributed by atoms with Gasteiger partial charge in [-0.25, -0.2) is 4.98 Å². The molecule has 2 aliphatic rings. The predicted molar refractivity (Wildman–Crippen MR) is 86.6 cm³/mol. The number of nitrogens with zero attached hydrogens (tertiary/aromatic N) is 2. The molecule has 120 valence electrons. The van der Waals surface area contributed by atoms with Gasteiger partial charge in [-0.1, -0.05) is 0 Å². The summed E-state index contributed by atoms with van der Waals surface area (Å²) in [7, 11) is 1.64. The van der Waals surface area contributed by atoms with Crippen LogP contribution in [0.15, 0.2) is 24.3 Å². The normalized spacial score (nSPS) is 21.4. The maximum absolute atomic E-state index is 12.6. The minimum absolute atomic E-state index is 0.0642. The molecule has 5 heteroatoms. The quantitative estimate of drug-likeness (QED) is 0.855. The number of aromatic nitrogens is 1. The van der Waals surface area contributed by atoms with Crippen molar-refractivity contribution in [1.82, 2.24) is 9.88 Å². The summed E-state index contributed by atoms with van der Waals surface area (Å²) in [4.78, 5) is 19.2. The Morgan fingerprint density at radius 2 is 2.13 bits per heavy atom. The summed E-state index contributed by atoms with van der Waals surface area (Å²) in [5.74, 6) is 1.39. The van der Waals surface area contributed by atoms with Crippen molar-refractivity contribution in [3.8, 4) is 11.6 Å². The maximum Gasteiger partial charge on any atom is 0.263 e. The molecule has 0 bridgehead atoms. The van der Waals surface area contributed by atoms with Crippen molar-refractivity contribution in [1.29, 1.82) is 0 Å². The summed E-state index contributed by atoms with van der Waals surface area (Å²) in [5, 5.41) is 1.03.